The van der Waals surface area contributed by atoms with E-state index in [2.05, 4.69) is 4.74 Å². The summed E-state index contributed by atoms with van der Waals surface area (Å²) in [4.78, 5) is 44.4. The molecule has 1 aromatic rings. The van der Waals surface area contributed by atoms with Crippen molar-refractivity contribution in [1.82, 2.24) is 0 Å². The Morgan fingerprint density at radius 3 is 2.12 bits per heavy atom. The number of carbonyl (C=O) groups is 4. The maximum atomic E-state index is 11.7. The zero-order valence-corrected chi connectivity index (χ0v) is 12.5. The van der Waals surface area contributed by atoms with Crippen molar-refractivity contribution in [1.29, 1.82) is 0 Å². The van der Waals surface area contributed by atoms with Crippen molar-refractivity contribution in [3.63, 3.8) is 0 Å². The number of hydrogen-bond acceptors (Lipinski definition) is 7. The summed E-state index contributed by atoms with van der Waals surface area (Å²) in [6, 6.07) is 3.59. The van der Waals surface area contributed by atoms with E-state index in [0.717, 1.165) is 24.3 Å². The number of carboxylic acid groups (broad SMARTS) is 3. The number of carbonyl (C=O) groups excluding carboxylic acids is 1. The van der Waals surface area contributed by atoms with Crippen molar-refractivity contribution in [3.8, 4) is 11.5 Å². The molecule has 0 radical (unpaired) electrons. The summed E-state index contributed by atoms with van der Waals surface area (Å²) in [6.45, 7) is 0. The molecule has 2 atom stereocenters. The number of rotatable bonds is 8. The second-order valence-electron chi connectivity index (χ2n) is 4.82. The van der Waals surface area contributed by atoms with Crippen molar-refractivity contribution < 1.29 is 49.4 Å². The average molecular weight is 354 g/mol. The number of aliphatic carboxylic acids is 3. The zero-order valence-electron chi connectivity index (χ0n) is 12.5. The minimum absolute atomic E-state index is 0.263. The summed E-state index contributed by atoms with van der Waals surface area (Å²) in [5, 5.41) is 45.0. The van der Waals surface area contributed by atoms with Gasteiger partial charge in [0.25, 0.3) is 0 Å². The molecule has 5 N–H and O–H groups in total. The van der Waals surface area contributed by atoms with Gasteiger partial charge in [0.2, 0.25) is 6.10 Å². The van der Waals surface area contributed by atoms with Gasteiger partial charge in [0, 0.05) is 6.08 Å². The number of hydrogen-bond donors (Lipinski definition) is 5. The molecule has 10 nitrogen and oxygen atoms in total. The summed E-state index contributed by atoms with van der Waals surface area (Å²) in [7, 11) is 0. The van der Waals surface area contributed by atoms with Crippen LogP contribution in [-0.2, 0) is 23.9 Å². The highest BCUT2D eigenvalue weighted by Crippen LogP contribution is 2.25. The van der Waals surface area contributed by atoms with Gasteiger partial charge in [-0.2, -0.15) is 0 Å². The van der Waals surface area contributed by atoms with Crippen LogP contribution in [0.5, 0.6) is 11.5 Å². The van der Waals surface area contributed by atoms with Crippen LogP contribution in [0.3, 0.4) is 0 Å². The van der Waals surface area contributed by atoms with Crippen LogP contribution in [0, 0.1) is 5.92 Å². The first-order valence-corrected chi connectivity index (χ1v) is 6.70. The van der Waals surface area contributed by atoms with E-state index in [4.69, 9.17) is 20.4 Å². The Hall–Kier alpha value is -3.56. The van der Waals surface area contributed by atoms with E-state index >= 15 is 0 Å². The van der Waals surface area contributed by atoms with Crippen molar-refractivity contribution in [2.75, 3.05) is 0 Å². The topological polar surface area (TPSA) is 179 Å². The molecule has 25 heavy (non-hydrogen) atoms. The first-order chi connectivity index (χ1) is 11.6. The van der Waals surface area contributed by atoms with Crippen LogP contribution in [0.2, 0.25) is 0 Å². The van der Waals surface area contributed by atoms with Crippen molar-refractivity contribution in [2.24, 2.45) is 5.92 Å². The molecular formula is C15H14O10. The number of ether oxygens (including phenoxy) is 1. The van der Waals surface area contributed by atoms with Crippen LogP contribution in [0.1, 0.15) is 12.0 Å². The summed E-state index contributed by atoms with van der Waals surface area (Å²) in [5.41, 5.74) is 0.263. The third kappa shape index (κ3) is 5.86. The minimum atomic E-state index is -2.20. The first kappa shape index (κ1) is 19.5. The Morgan fingerprint density at radius 2 is 1.64 bits per heavy atom. The predicted molar refractivity (Wildman–Crippen MR) is 79.7 cm³/mol. The van der Waals surface area contributed by atoms with Crippen LogP contribution < -0.4 is 0 Å². The largest absolute Gasteiger partial charge is 0.504 e. The van der Waals surface area contributed by atoms with E-state index in [1.807, 2.05) is 0 Å². The molecule has 0 aliphatic heterocycles. The van der Waals surface area contributed by atoms with E-state index in [0.29, 0.717) is 0 Å². The van der Waals surface area contributed by atoms with E-state index in [1.54, 1.807) is 0 Å². The molecule has 0 heterocycles. The van der Waals surface area contributed by atoms with Crippen molar-refractivity contribution in [3.05, 3.63) is 29.8 Å². The van der Waals surface area contributed by atoms with Crippen LogP contribution in [0.15, 0.2) is 24.3 Å². The third-order valence-electron chi connectivity index (χ3n) is 2.98. The lowest BCUT2D eigenvalue weighted by Gasteiger charge is -2.18. The Balaban J connectivity index is 2.89. The molecule has 0 spiro atoms. The molecule has 0 saturated heterocycles. The molecule has 0 fully saturated rings. The molecular weight excluding hydrogens is 340 g/mol. The van der Waals surface area contributed by atoms with Gasteiger partial charge in [0.05, 0.1) is 6.42 Å². The highest BCUT2D eigenvalue weighted by atomic mass is 16.6. The molecule has 1 rings (SSSR count). The van der Waals surface area contributed by atoms with Crippen molar-refractivity contribution >= 4 is 30.0 Å². The number of phenolic OH excluding ortho intramolecular Hbond substituents is 2. The monoisotopic (exact) mass is 354 g/mol. The SMILES string of the molecule is O=C(O)C[C@H](C(=O)O)[C@@H](OC(=O)/C=C\c1ccc(O)c(O)c1)C(=O)O. The van der Waals surface area contributed by atoms with Crippen LogP contribution in [0.4, 0.5) is 0 Å². The van der Waals surface area contributed by atoms with Gasteiger partial charge in [-0.25, -0.2) is 9.59 Å². The Kier molecular flexibility index (Phi) is 6.50. The minimum Gasteiger partial charge on any atom is -0.504 e. The second kappa shape index (κ2) is 8.34. The molecule has 134 valence electrons. The molecule has 0 unspecified atom stereocenters. The fourth-order valence-electron chi connectivity index (χ4n) is 1.79. The Labute approximate surface area is 140 Å². The molecule has 1 aromatic carbocycles. The van der Waals surface area contributed by atoms with Crippen LogP contribution >= 0.6 is 0 Å². The summed E-state index contributed by atoms with van der Waals surface area (Å²) < 4.78 is 4.53. The number of benzene rings is 1. The highest BCUT2D eigenvalue weighted by molar-refractivity contribution is 5.91. The number of phenols is 2. The van der Waals surface area contributed by atoms with Crippen LogP contribution in [-0.4, -0.2) is 55.5 Å². The molecule has 0 aliphatic carbocycles. The van der Waals surface area contributed by atoms with Gasteiger partial charge in [-0.15, -0.1) is 0 Å². The Morgan fingerprint density at radius 1 is 1.00 bits per heavy atom. The molecule has 0 bridgehead atoms. The first-order valence-electron chi connectivity index (χ1n) is 6.70. The molecule has 0 saturated carbocycles. The summed E-state index contributed by atoms with van der Waals surface area (Å²) in [5.74, 6) is -9.14. The molecule has 0 aromatic heterocycles. The van der Waals surface area contributed by atoms with E-state index in [1.165, 1.54) is 6.07 Å². The standard InChI is InChI=1S/C15H14O10/c16-9-3-1-7(5-10(9)17)2-4-12(20)25-13(15(23)24)8(14(21)22)6-11(18)19/h1-5,8,13,16-17H,6H2,(H,18,19)(H,21,22)(H,23,24)/b4-2-/t8-,13+/m0/s1. The van der Waals surface area contributed by atoms with Gasteiger partial charge >= 0.3 is 23.9 Å². The zero-order chi connectivity index (χ0) is 19.1. The number of carboxylic acids is 3. The number of esters is 1. The smallest absolute Gasteiger partial charge is 0.345 e. The molecule has 10 heteroatoms. The van der Waals surface area contributed by atoms with E-state index in [-0.39, 0.29) is 11.3 Å². The predicted octanol–water partition coefficient (Wildman–Crippen LogP) is 0.283. The Bertz CT molecular complexity index is 721. The summed E-state index contributed by atoms with van der Waals surface area (Å²) >= 11 is 0. The third-order valence-corrected chi connectivity index (χ3v) is 2.98. The normalized spacial score (nSPS) is 13.1. The lowest BCUT2D eigenvalue weighted by molar-refractivity contribution is -0.172. The van der Waals surface area contributed by atoms with Gasteiger partial charge < -0.3 is 30.3 Å². The lowest BCUT2D eigenvalue weighted by Crippen LogP contribution is -2.39. The van der Waals surface area contributed by atoms with Gasteiger partial charge in [0.1, 0.15) is 5.92 Å². The van der Waals surface area contributed by atoms with Gasteiger partial charge in [-0.3, -0.25) is 9.59 Å². The summed E-state index contributed by atoms with van der Waals surface area (Å²) in [6.07, 6.45) is -1.36. The maximum absolute atomic E-state index is 11.7. The van der Waals surface area contributed by atoms with Gasteiger partial charge in [-0.1, -0.05) is 6.07 Å². The van der Waals surface area contributed by atoms with Crippen LogP contribution in [0.25, 0.3) is 6.08 Å². The molecule has 0 amide bonds. The fraction of sp³-hybridized carbons (Fsp3) is 0.200. The van der Waals surface area contributed by atoms with Gasteiger partial charge in [-0.05, 0) is 23.8 Å². The number of aromatic hydroxyl groups is 2. The quantitative estimate of drug-likeness (QED) is 0.247. The van der Waals surface area contributed by atoms with Gasteiger partial charge in [0.15, 0.2) is 11.5 Å². The highest BCUT2D eigenvalue weighted by Gasteiger charge is 2.38. The van der Waals surface area contributed by atoms with E-state index < -0.39 is 48.1 Å². The molecule has 0 aliphatic rings. The van der Waals surface area contributed by atoms with E-state index in [9.17, 15) is 24.3 Å². The average Bonchev–Trinajstić information content (AvgIpc) is 2.51. The second-order valence-corrected chi connectivity index (χ2v) is 4.82. The van der Waals surface area contributed by atoms with Crippen molar-refractivity contribution in [2.45, 2.75) is 12.5 Å². The fourth-order valence-corrected chi connectivity index (χ4v) is 1.79. The maximum Gasteiger partial charge on any atom is 0.345 e. The lowest BCUT2D eigenvalue weighted by atomic mass is 9.98.